The van der Waals surface area contributed by atoms with Crippen LogP contribution in [-0.4, -0.2) is 63.5 Å². The molecule has 7 heteroatoms. The van der Waals surface area contributed by atoms with Crippen molar-refractivity contribution in [2.45, 2.75) is 32.4 Å². The Labute approximate surface area is 151 Å². The Morgan fingerprint density at radius 3 is 2.52 bits per heavy atom. The van der Waals surface area contributed by atoms with Crippen LogP contribution >= 0.6 is 0 Å². The average molecular weight is 367 g/mol. The number of nitrogens with zero attached hydrogens (tertiary/aromatic N) is 2. The number of rotatable bonds is 7. The monoisotopic (exact) mass is 366 g/mol. The zero-order valence-corrected chi connectivity index (χ0v) is 16.1. The molecule has 0 bridgehead atoms. The van der Waals surface area contributed by atoms with E-state index >= 15 is 0 Å². The number of likely N-dealkylation sites (tertiary alicyclic amines) is 1. The van der Waals surface area contributed by atoms with E-state index in [2.05, 4.69) is 44.8 Å². The molecule has 1 aromatic rings. The fraction of sp³-hybridized carbons (Fsp3) is 0.611. The van der Waals surface area contributed by atoms with Gasteiger partial charge in [-0.05, 0) is 18.4 Å². The van der Waals surface area contributed by atoms with Crippen LogP contribution in [-0.2, 0) is 16.4 Å². The van der Waals surface area contributed by atoms with E-state index in [1.807, 2.05) is 6.07 Å². The van der Waals surface area contributed by atoms with Crippen LogP contribution in [0.15, 0.2) is 35.3 Å². The highest BCUT2D eigenvalue weighted by Crippen LogP contribution is 2.13. The van der Waals surface area contributed by atoms with Gasteiger partial charge in [-0.2, -0.15) is 0 Å². The highest BCUT2D eigenvalue weighted by Gasteiger charge is 2.20. The summed E-state index contributed by atoms with van der Waals surface area (Å²) in [4.78, 5) is 6.67. The van der Waals surface area contributed by atoms with Crippen molar-refractivity contribution in [3.63, 3.8) is 0 Å². The van der Waals surface area contributed by atoms with E-state index in [0.717, 1.165) is 32.5 Å². The van der Waals surface area contributed by atoms with Gasteiger partial charge in [0.05, 0.1) is 5.75 Å². The quantitative estimate of drug-likeness (QED) is 0.561. The van der Waals surface area contributed by atoms with E-state index in [-0.39, 0.29) is 11.5 Å². The van der Waals surface area contributed by atoms with E-state index in [4.69, 9.17) is 0 Å². The van der Waals surface area contributed by atoms with Crippen molar-refractivity contribution in [3.8, 4) is 0 Å². The fourth-order valence-electron chi connectivity index (χ4n) is 2.93. The maximum Gasteiger partial charge on any atom is 0.191 e. The van der Waals surface area contributed by atoms with Crippen LogP contribution in [0.4, 0.5) is 0 Å². The molecule has 0 amide bonds. The number of aliphatic imine (C=N–C) groups is 1. The summed E-state index contributed by atoms with van der Waals surface area (Å²) < 4.78 is 23.1. The van der Waals surface area contributed by atoms with Crippen LogP contribution in [0.1, 0.15) is 25.3 Å². The number of guanidine groups is 1. The number of hydrogen-bond acceptors (Lipinski definition) is 4. The Morgan fingerprint density at radius 1 is 1.24 bits per heavy atom. The van der Waals surface area contributed by atoms with Gasteiger partial charge in [-0.1, -0.05) is 37.3 Å². The first-order valence-corrected chi connectivity index (χ1v) is 10.8. The molecule has 0 unspecified atom stereocenters. The molecule has 1 fully saturated rings. The third-order valence-electron chi connectivity index (χ3n) is 4.55. The molecule has 0 aliphatic carbocycles. The second-order valence-corrected chi connectivity index (χ2v) is 8.89. The molecular formula is C18H30N4O2S. The molecule has 1 aromatic carbocycles. The lowest BCUT2D eigenvalue weighted by Gasteiger charge is -2.33. The molecule has 0 spiro atoms. The Bertz CT molecular complexity index is 638. The number of piperidine rings is 1. The minimum absolute atomic E-state index is 0.139. The van der Waals surface area contributed by atoms with Crippen LogP contribution < -0.4 is 10.6 Å². The minimum atomic E-state index is -2.95. The SMILES string of the molecule is CCS(=O)(=O)CCNC(=NC)NC1CCN(Cc2ccccc2)CC1. The summed E-state index contributed by atoms with van der Waals surface area (Å²) in [7, 11) is -1.23. The molecule has 0 atom stereocenters. The molecule has 1 heterocycles. The van der Waals surface area contributed by atoms with Gasteiger partial charge >= 0.3 is 0 Å². The topological polar surface area (TPSA) is 73.8 Å². The molecule has 2 N–H and O–H groups in total. The van der Waals surface area contributed by atoms with Crippen molar-refractivity contribution in [3.05, 3.63) is 35.9 Å². The molecule has 2 rings (SSSR count). The zero-order valence-electron chi connectivity index (χ0n) is 15.2. The summed E-state index contributed by atoms with van der Waals surface area (Å²) in [5, 5.41) is 6.52. The van der Waals surface area contributed by atoms with Crippen molar-refractivity contribution < 1.29 is 8.42 Å². The molecule has 0 saturated carbocycles. The minimum Gasteiger partial charge on any atom is -0.355 e. The van der Waals surface area contributed by atoms with Gasteiger partial charge < -0.3 is 10.6 Å². The molecule has 140 valence electrons. The van der Waals surface area contributed by atoms with Crippen LogP contribution in [0, 0.1) is 0 Å². The first-order chi connectivity index (χ1) is 12.0. The Morgan fingerprint density at radius 2 is 1.92 bits per heavy atom. The highest BCUT2D eigenvalue weighted by atomic mass is 32.2. The van der Waals surface area contributed by atoms with E-state index in [9.17, 15) is 8.42 Å². The van der Waals surface area contributed by atoms with E-state index in [1.165, 1.54) is 5.56 Å². The Balaban J connectivity index is 1.71. The van der Waals surface area contributed by atoms with Crippen molar-refractivity contribution >= 4 is 15.8 Å². The van der Waals surface area contributed by atoms with Gasteiger partial charge in [0, 0.05) is 45.0 Å². The van der Waals surface area contributed by atoms with Gasteiger partial charge in [-0.15, -0.1) is 0 Å². The average Bonchev–Trinajstić information content (AvgIpc) is 2.63. The van der Waals surface area contributed by atoms with E-state index in [0.29, 0.717) is 18.5 Å². The second-order valence-electron chi connectivity index (χ2n) is 6.42. The van der Waals surface area contributed by atoms with Gasteiger partial charge in [0.2, 0.25) is 0 Å². The molecule has 0 aromatic heterocycles. The first-order valence-electron chi connectivity index (χ1n) is 8.96. The fourth-order valence-corrected chi connectivity index (χ4v) is 3.64. The number of hydrogen-bond donors (Lipinski definition) is 2. The summed E-state index contributed by atoms with van der Waals surface area (Å²) >= 11 is 0. The van der Waals surface area contributed by atoms with Crippen molar-refractivity contribution in [2.24, 2.45) is 4.99 Å². The molecular weight excluding hydrogens is 336 g/mol. The second kappa shape index (κ2) is 9.77. The Kier molecular flexibility index (Phi) is 7.71. The molecule has 1 aliphatic rings. The van der Waals surface area contributed by atoms with Gasteiger partial charge in [-0.3, -0.25) is 9.89 Å². The third-order valence-corrected chi connectivity index (χ3v) is 6.25. The van der Waals surface area contributed by atoms with Gasteiger partial charge in [-0.25, -0.2) is 8.42 Å². The number of sulfone groups is 1. The molecule has 0 radical (unpaired) electrons. The predicted octanol–water partition coefficient (Wildman–Crippen LogP) is 1.25. The maximum absolute atomic E-state index is 11.5. The number of benzene rings is 1. The lowest BCUT2D eigenvalue weighted by molar-refractivity contribution is 0.198. The molecule has 25 heavy (non-hydrogen) atoms. The van der Waals surface area contributed by atoms with Crippen molar-refractivity contribution in [1.82, 2.24) is 15.5 Å². The lowest BCUT2D eigenvalue weighted by Crippen LogP contribution is -2.49. The zero-order chi connectivity index (χ0) is 18.1. The summed E-state index contributed by atoms with van der Waals surface area (Å²) in [6, 6.07) is 10.9. The summed E-state index contributed by atoms with van der Waals surface area (Å²) in [5.41, 5.74) is 1.35. The van der Waals surface area contributed by atoms with E-state index in [1.54, 1.807) is 14.0 Å². The first kappa shape index (κ1) is 19.7. The molecule has 1 aliphatic heterocycles. The normalized spacial score (nSPS) is 17.4. The van der Waals surface area contributed by atoms with Gasteiger partial charge in [0.25, 0.3) is 0 Å². The third kappa shape index (κ3) is 7.04. The van der Waals surface area contributed by atoms with Gasteiger partial charge in [0.15, 0.2) is 15.8 Å². The number of nitrogens with one attached hydrogen (secondary N) is 2. The summed E-state index contributed by atoms with van der Waals surface area (Å²) in [5.74, 6) is 1.01. The predicted molar refractivity (Wildman–Crippen MR) is 104 cm³/mol. The largest absolute Gasteiger partial charge is 0.355 e. The van der Waals surface area contributed by atoms with Crippen molar-refractivity contribution in [2.75, 3.05) is 38.2 Å². The molecule has 6 nitrogen and oxygen atoms in total. The van der Waals surface area contributed by atoms with Crippen LogP contribution in [0.3, 0.4) is 0 Å². The summed E-state index contributed by atoms with van der Waals surface area (Å²) in [6.07, 6.45) is 2.11. The molecule has 1 saturated heterocycles. The van der Waals surface area contributed by atoms with E-state index < -0.39 is 9.84 Å². The Hall–Kier alpha value is -1.60. The standard InChI is InChI=1S/C18H30N4O2S/c1-3-25(23,24)14-11-20-18(19-2)21-17-9-12-22(13-10-17)15-16-7-5-4-6-8-16/h4-8,17H,3,9-15H2,1-2H3,(H2,19,20,21). The maximum atomic E-state index is 11.5. The smallest absolute Gasteiger partial charge is 0.191 e. The summed E-state index contributed by atoms with van der Waals surface area (Å²) in [6.45, 7) is 5.16. The van der Waals surface area contributed by atoms with Gasteiger partial charge in [0.1, 0.15) is 0 Å². The highest BCUT2D eigenvalue weighted by molar-refractivity contribution is 7.91. The van der Waals surface area contributed by atoms with Crippen LogP contribution in [0.25, 0.3) is 0 Å². The van der Waals surface area contributed by atoms with Crippen LogP contribution in [0.2, 0.25) is 0 Å². The lowest BCUT2D eigenvalue weighted by atomic mass is 10.0. The van der Waals surface area contributed by atoms with Crippen LogP contribution in [0.5, 0.6) is 0 Å². The van der Waals surface area contributed by atoms with Crippen molar-refractivity contribution in [1.29, 1.82) is 0 Å².